The molecule has 2 heterocycles. The number of morpholine rings is 1. The minimum absolute atomic E-state index is 0.252. The SMILES string of the molecule is CCOc1ccc(/C=C(\C(=O)NCCCN2CCOCC2)n2ccccc2=O)cc1. The Morgan fingerprint density at radius 3 is 2.63 bits per heavy atom. The van der Waals surface area contributed by atoms with Gasteiger partial charge in [0.1, 0.15) is 11.4 Å². The molecule has 1 aromatic carbocycles. The number of hydrogen-bond acceptors (Lipinski definition) is 5. The van der Waals surface area contributed by atoms with E-state index in [1.54, 1.807) is 24.4 Å². The molecule has 7 heteroatoms. The average molecular weight is 412 g/mol. The molecule has 0 bridgehead atoms. The van der Waals surface area contributed by atoms with Crippen LogP contribution in [0, 0.1) is 0 Å². The van der Waals surface area contributed by atoms with Crippen molar-refractivity contribution in [2.45, 2.75) is 13.3 Å². The Hall–Kier alpha value is -2.90. The fraction of sp³-hybridized carbons (Fsp3) is 0.391. The molecule has 1 aliphatic heterocycles. The number of aromatic nitrogens is 1. The van der Waals surface area contributed by atoms with Crippen LogP contribution in [0.5, 0.6) is 5.75 Å². The molecule has 1 saturated heterocycles. The Kier molecular flexibility index (Phi) is 8.23. The first-order valence-corrected chi connectivity index (χ1v) is 10.4. The van der Waals surface area contributed by atoms with Crippen molar-refractivity contribution in [1.82, 2.24) is 14.8 Å². The largest absolute Gasteiger partial charge is 0.494 e. The normalized spacial score (nSPS) is 15.0. The van der Waals surface area contributed by atoms with Gasteiger partial charge in [-0.15, -0.1) is 0 Å². The Balaban J connectivity index is 1.70. The summed E-state index contributed by atoms with van der Waals surface area (Å²) in [5.74, 6) is 0.486. The van der Waals surface area contributed by atoms with Gasteiger partial charge in [-0.3, -0.25) is 19.1 Å². The summed E-state index contributed by atoms with van der Waals surface area (Å²) in [6.07, 6.45) is 4.16. The molecule has 1 N–H and O–H groups in total. The number of nitrogens with one attached hydrogen (secondary N) is 1. The van der Waals surface area contributed by atoms with Crippen molar-refractivity contribution in [1.29, 1.82) is 0 Å². The number of carbonyl (C=O) groups is 1. The first-order chi connectivity index (χ1) is 14.7. The first kappa shape index (κ1) is 21.8. The molecule has 160 valence electrons. The Labute approximate surface area is 176 Å². The summed E-state index contributed by atoms with van der Waals surface area (Å²) in [5, 5.41) is 2.95. The predicted molar refractivity (Wildman–Crippen MR) is 117 cm³/mol. The average Bonchev–Trinajstić information content (AvgIpc) is 2.77. The van der Waals surface area contributed by atoms with E-state index >= 15 is 0 Å². The van der Waals surface area contributed by atoms with Gasteiger partial charge < -0.3 is 14.8 Å². The van der Waals surface area contributed by atoms with Crippen LogP contribution in [0.3, 0.4) is 0 Å². The highest BCUT2D eigenvalue weighted by atomic mass is 16.5. The second kappa shape index (κ2) is 11.3. The molecule has 1 aromatic heterocycles. The molecule has 0 unspecified atom stereocenters. The van der Waals surface area contributed by atoms with E-state index in [0.29, 0.717) is 13.2 Å². The summed E-state index contributed by atoms with van der Waals surface area (Å²) in [4.78, 5) is 27.6. The van der Waals surface area contributed by atoms with Gasteiger partial charge in [-0.2, -0.15) is 0 Å². The van der Waals surface area contributed by atoms with E-state index in [0.717, 1.165) is 50.6 Å². The van der Waals surface area contributed by atoms with E-state index in [4.69, 9.17) is 9.47 Å². The topological polar surface area (TPSA) is 72.8 Å². The molecule has 1 amide bonds. The van der Waals surface area contributed by atoms with Crippen LogP contribution in [0.25, 0.3) is 11.8 Å². The van der Waals surface area contributed by atoms with Crippen LogP contribution in [0.15, 0.2) is 53.5 Å². The number of ether oxygens (including phenoxy) is 2. The summed E-state index contributed by atoms with van der Waals surface area (Å²) >= 11 is 0. The molecule has 0 radical (unpaired) electrons. The predicted octanol–water partition coefficient (Wildman–Crippen LogP) is 2.08. The second-order valence-corrected chi connectivity index (χ2v) is 7.00. The molecule has 0 spiro atoms. The van der Waals surface area contributed by atoms with Crippen molar-refractivity contribution in [3.8, 4) is 5.75 Å². The van der Waals surface area contributed by atoms with Crippen LogP contribution >= 0.6 is 0 Å². The lowest BCUT2D eigenvalue weighted by Crippen LogP contribution is -2.38. The molecule has 30 heavy (non-hydrogen) atoms. The fourth-order valence-electron chi connectivity index (χ4n) is 3.28. The van der Waals surface area contributed by atoms with Crippen molar-refractivity contribution in [3.63, 3.8) is 0 Å². The van der Waals surface area contributed by atoms with Crippen LogP contribution < -0.4 is 15.6 Å². The number of rotatable bonds is 9. The van der Waals surface area contributed by atoms with Crippen LogP contribution in [0.2, 0.25) is 0 Å². The molecular weight excluding hydrogens is 382 g/mol. The van der Waals surface area contributed by atoms with Crippen molar-refractivity contribution >= 4 is 17.7 Å². The van der Waals surface area contributed by atoms with Crippen LogP contribution in [-0.2, 0) is 9.53 Å². The second-order valence-electron chi connectivity index (χ2n) is 7.00. The molecular formula is C23H29N3O4. The summed E-state index contributed by atoms with van der Waals surface area (Å²) in [7, 11) is 0. The molecule has 3 rings (SSSR count). The number of benzene rings is 1. The molecule has 1 fully saturated rings. The van der Waals surface area contributed by atoms with Crippen molar-refractivity contribution < 1.29 is 14.3 Å². The van der Waals surface area contributed by atoms with Crippen molar-refractivity contribution in [3.05, 3.63) is 64.6 Å². The van der Waals surface area contributed by atoms with Gasteiger partial charge >= 0.3 is 0 Å². The smallest absolute Gasteiger partial charge is 0.268 e. The van der Waals surface area contributed by atoms with E-state index in [9.17, 15) is 9.59 Å². The zero-order valence-electron chi connectivity index (χ0n) is 17.4. The van der Waals surface area contributed by atoms with Gasteiger partial charge in [-0.05, 0) is 49.7 Å². The van der Waals surface area contributed by atoms with Gasteiger partial charge in [0.15, 0.2) is 0 Å². The summed E-state index contributed by atoms with van der Waals surface area (Å²) < 4.78 is 12.2. The molecule has 0 atom stereocenters. The van der Waals surface area contributed by atoms with Crippen molar-refractivity contribution in [2.75, 3.05) is 46.0 Å². The van der Waals surface area contributed by atoms with E-state index in [2.05, 4.69) is 10.2 Å². The molecule has 7 nitrogen and oxygen atoms in total. The maximum atomic E-state index is 12.9. The van der Waals surface area contributed by atoms with Gasteiger partial charge in [0.05, 0.1) is 19.8 Å². The highest BCUT2D eigenvalue weighted by molar-refractivity contribution is 6.18. The molecule has 0 aliphatic carbocycles. The number of amides is 1. The maximum Gasteiger partial charge on any atom is 0.268 e. The fourth-order valence-corrected chi connectivity index (χ4v) is 3.28. The van der Waals surface area contributed by atoms with Crippen LogP contribution in [0.1, 0.15) is 18.9 Å². The maximum absolute atomic E-state index is 12.9. The summed E-state index contributed by atoms with van der Waals surface area (Å²) in [6, 6.07) is 12.3. The zero-order chi connectivity index (χ0) is 21.2. The number of pyridine rings is 1. The lowest BCUT2D eigenvalue weighted by Gasteiger charge is -2.26. The van der Waals surface area contributed by atoms with E-state index < -0.39 is 0 Å². The minimum atomic E-state index is -0.279. The van der Waals surface area contributed by atoms with Gasteiger partial charge in [0.25, 0.3) is 11.5 Å². The molecule has 2 aromatic rings. The third-order valence-electron chi connectivity index (χ3n) is 4.85. The Morgan fingerprint density at radius 2 is 1.93 bits per heavy atom. The van der Waals surface area contributed by atoms with Gasteiger partial charge in [-0.1, -0.05) is 18.2 Å². The number of carbonyl (C=O) groups excluding carboxylic acids is 1. The monoisotopic (exact) mass is 411 g/mol. The lowest BCUT2D eigenvalue weighted by atomic mass is 10.1. The van der Waals surface area contributed by atoms with Gasteiger partial charge in [0, 0.05) is 31.9 Å². The first-order valence-electron chi connectivity index (χ1n) is 10.4. The van der Waals surface area contributed by atoms with Gasteiger partial charge in [-0.25, -0.2) is 0 Å². The molecule has 0 saturated carbocycles. The van der Waals surface area contributed by atoms with E-state index in [-0.39, 0.29) is 17.2 Å². The zero-order valence-corrected chi connectivity index (χ0v) is 17.4. The molecule has 1 aliphatic rings. The summed E-state index contributed by atoms with van der Waals surface area (Å²) in [6.45, 7) is 7.35. The van der Waals surface area contributed by atoms with E-state index in [1.165, 1.54) is 10.6 Å². The van der Waals surface area contributed by atoms with Crippen LogP contribution in [0.4, 0.5) is 0 Å². The Morgan fingerprint density at radius 1 is 1.17 bits per heavy atom. The van der Waals surface area contributed by atoms with Crippen molar-refractivity contribution in [2.24, 2.45) is 0 Å². The third kappa shape index (κ3) is 6.30. The minimum Gasteiger partial charge on any atom is -0.494 e. The number of hydrogen-bond donors (Lipinski definition) is 1. The quantitative estimate of drug-likeness (QED) is 0.505. The lowest BCUT2D eigenvalue weighted by molar-refractivity contribution is -0.116. The van der Waals surface area contributed by atoms with Crippen LogP contribution in [-0.4, -0.2) is 61.4 Å². The van der Waals surface area contributed by atoms with Gasteiger partial charge in [0.2, 0.25) is 0 Å². The standard InChI is InChI=1S/C23H29N3O4/c1-2-30-20-9-7-19(8-10-20)18-21(26-13-4-3-6-22(26)27)23(28)24-11-5-12-25-14-16-29-17-15-25/h3-4,6-10,13,18H,2,5,11-12,14-17H2,1H3,(H,24,28)/b21-18+. The highest BCUT2D eigenvalue weighted by Gasteiger charge is 2.14. The Bertz CT molecular complexity index is 899. The summed E-state index contributed by atoms with van der Waals surface area (Å²) in [5.41, 5.74) is 0.849. The highest BCUT2D eigenvalue weighted by Crippen LogP contribution is 2.16. The van der Waals surface area contributed by atoms with E-state index in [1.807, 2.05) is 31.2 Å². The number of nitrogens with zero attached hydrogens (tertiary/aromatic N) is 2. The third-order valence-corrected chi connectivity index (χ3v) is 4.85.